The van der Waals surface area contributed by atoms with Gasteiger partial charge in [-0.25, -0.2) is 0 Å². The smallest absolute Gasteiger partial charge is 0.311 e. The van der Waals surface area contributed by atoms with Crippen LogP contribution in [0.4, 0.5) is 0 Å². The lowest BCUT2D eigenvalue weighted by Crippen LogP contribution is -2.08. The predicted octanol–water partition coefficient (Wildman–Crippen LogP) is 11.0. The van der Waals surface area contributed by atoms with Gasteiger partial charge in [0.2, 0.25) is 0 Å². The van der Waals surface area contributed by atoms with E-state index in [1.54, 1.807) is 0 Å². The van der Waals surface area contributed by atoms with Gasteiger partial charge >= 0.3 is 11.9 Å². The monoisotopic (exact) mass is 584 g/mol. The number of rotatable bonds is 20. The van der Waals surface area contributed by atoms with Crippen molar-refractivity contribution in [1.82, 2.24) is 0 Å². The molecule has 0 aliphatic heterocycles. The van der Waals surface area contributed by atoms with E-state index < -0.39 is 5.97 Å². The number of ether oxygens (including phenoxy) is 1. The van der Waals surface area contributed by atoms with Crippen LogP contribution in [0.1, 0.15) is 120 Å². The van der Waals surface area contributed by atoms with Gasteiger partial charge in [0.1, 0.15) is 5.75 Å². The molecular formula is C39H52O4. The number of hydrogen-bond acceptors (Lipinski definition) is 3. The van der Waals surface area contributed by atoms with Gasteiger partial charge in [-0.05, 0) is 72.2 Å². The molecule has 0 radical (unpaired) electrons. The molecule has 3 aromatic carbocycles. The minimum atomic E-state index is -0.846. The van der Waals surface area contributed by atoms with E-state index in [1.165, 1.54) is 87.3 Å². The number of hydrogen-bond donors (Lipinski definition) is 1. The predicted molar refractivity (Wildman–Crippen MR) is 179 cm³/mol. The quantitative estimate of drug-likeness (QED) is 0.0815. The highest BCUT2D eigenvalue weighted by molar-refractivity contribution is 5.77. The van der Waals surface area contributed by atoms with Gasteiger partial charge < -0.3 is 9.84 Å². The van der Waals surface area contributed by atoms with E-state index in [4.69, 9.17) is 4.74 Å². The molecule has 4 heteroatoms. The van der Waals surface area contributed by atoms with Crippen LogP contribution < -0.4 is 4.74 Å². The molecule has 0 aliphatic rings. The standard InChI is InChI=1S/C39H52O4/c1-4-5-6-7-8-9-10-11-12-13-14-15-16-20-39(42)43-35-23-25-37(34(29-35)22-26-38(40)41)33-21-24-36(31(3)28-33)32-19-17-18-30(2)27-32/h17-19,21,23-25,27-29H,4-16,20,22,26H2,1-3H3,(H,40,41). The normalized spacial score (nSPS) is 11.0. The number of aliphatic carboxylic acids is 1. The zero-order valence-electron chi connectivity index (χ0n) is 26.8. The highest BCUT2D eigenvalue weighted by atomic mass is 16.5. The molecule has 1 N–H and O–H groups in total. The van der Waals surface area contributed by atoms with Crippen molar-refractivity contribution in [3.05, 3.63) is 77.4 Å². The van der Waals surface area contributed by atoms with Crippen LogP contribution in [-0.2, 0) is 16.0 Å². The van der Waals surface area contributed by atoms with Crippen LogP contribution in [-0.4, -0.2) is 17.0 Å². The van der Waals surface area contributed by atoms with Crippen molar-refractivity contribution in [2.75, 3.05) is 0 Å². The Labute approximate surface area is 259 Å². The molecule has 0 unspecified atom stereocenters. The molecule has 0 saturated carbocycles. The van der Waals surface area contributed by atoms with E-state index in [2.05, 4.69) is 63.2 Å². The molecule has 0 spiro atoms. The largest absolute Gasteiger partial charge is 0.481 e. The zero-order chi connectivity index (χ0) is 30.9. The second-order valence-corrected chi connectivity index (χ2v) is 12.1. The summed E-state index contributed by atoms with van der Waals surface area (Å²) in [6.07, 6.45) is 17.3. The summed E-state index contributed by atoms with van der Waals surface area (Å²) in [5, 5.41) is 9.34. The summed E-state index contributed by atoms with van der Waals surface area (Å²) in [6.45, 7) is 6.46. The lowest BCUT2D eigenvalue weighted by atomic mass is 9.92. The van der Waals surface area contributed by atoms with Gasteiger partial charge in [-0.15, -0.1) is 0 Å². The summed E-state index contributed by atoms with van der Waals surface area (Å²) >= 11 is 0. The number of benzene rings is 3. The fraction of sp³-hybridized carbons (Fsp3) is 0.487. The number of esters is 1. The zero-order valence-corrected chi connectivity index (χ0v) is 26.8. The van der Waals surface area contributed by atoms with Crippen molar-refractivity contribution >= 4 is 11.9 Å². The summed E-state index contributed by atoms with van der Waals surface area (Å²) in [7, 11) is 0. The lowest BCUT2D eigenvalue weighted by molar-refractivity contribution is -0.137. The fourth-order valence-electron chi connectivity index (χ4n) is 5.80. The first-order valence-electron chi connectivity index (χ1n) is 16.6. The van der Waals surface area contributed by atoms with Gasteiger partial charge in [-0.2, -0.15) is 0 Å². The molecule has 43 heavy (non-hydrogen) atoms. The van der Waals surface area contributed by atoms with Gasteiger partial charge in [0.25, 0.3) is 0 Å². The number of carbonyl (C=O) groups excluding carboxylic acids is 1. The van der Waals surface area contributed by atoms with E-state index in [-0.39, 0.29) is 12.4 Å². The summed E-state index contributed by atoms with van der Waals surface area (Å²) in [4.78, 5) is 24.0. The number of unbranched alkanes of at least 4 members (excludes halogenated alkanes) is 12. The van der Waals surface area contributed by atoms with Gasteiger partial charge in [0, 0.05) is 12.8 Å². The average Bonchev–Trinajstić information content (AvgIpc) is 2.98. The van der Waals surface area contributed by atoms with Crippen molar-refractivity contribution in [2.45, 2.75) is 124 Å². The van der Waals surface area contributed by atoms with Gasteiger partial charge in [0.15, 0.2) is 0 Å². The Morgan fingerprint density at radius 3 is 1.86 bits per heavy atom. The number of carboxylic acid groups (broad SMARTS) is 1. The number of carboxylic acids is 1. The first kappa shape index (κ1) is 34.1. The molecular weight excluding hydrogens is 532 g/mol. The number of aryl methyl sites for hydroxylation is 3. The molecule has 0 atom stereocenters. The topological polar surface area (TPSA) is 63.6 Å². The Morgan fingerprint density at radius 1 is 0.651 bits per heavy atom. The van der Waals surface area contributed by atoms with Crippen LogP contribution in [0.2, 0.25) is 0 Å². The fourth-order valence-corrected chi connectivity index (χ4v) is 5.80. The Balaban J connectivity index is 1.49. The minimum Gasteiger partial charge on any atom is -0.481 e. The summed E-state index contributed by atoms with van der Waals surface area (Å²) in [5.74, 6) is -0.586. The van der Waals surface area contributed by atoms with Crippen LogP contribution in [0.25, 0.3) is 22.3 Å². The van der Waals surface area contributed by atoms with Crippen molar-refractivity contribution in [2.24, 2.45) is 0 Å². The van der Waals surface area contributed by atoms with Crippen molar-refractivity contribution < 1.29 is 19.4 Å². The maximum atomic E-state index is 12.6. The summed E-state index contributed by atoms with van der Waals surface area (Å²) in [5.41, 5.74) is 7.60. The lowest BCUT2D eigenvalue weighted by Gasteiger charge is -2.14. The molecule has 0 aromatic heterocycles. The third-order valence-electron chi connectivity index (χ3n) is 8.27. The van der Waals surface area contributed by atoms with Gasteiger partial charge in [-0.1, -0.05) is 138 Å². The molecule has 4 nitrogen and oxygen atoms in total. The van der Waals surface area contributed by atoms with E-state index in [0.29, 0.717) is 18.6 Å². The van der Waals surface area contributed by atoms with Crippen LogP contribution >= 0.6 is 0 Å². The number of carbonyl (C=O) groups is 2. The summed E-state index contributed by atoms with van der Waals surface area (Å²) < 4.78 is 5.69. The first-order chi connectivity index (χ1) is 20.9. The second-order valence-electron chi connectivity index (χ2n) is 12.1. The van der Waals surface area contributed by atoms with Crippen molar-refractivity contribution in [1.29, 1.82) is 0 Å². The third-order valence-corrected chi connectivity index (χ3v) is 8.27. The van der Waals surface area contributed by atoms with Gasteiger partial charge in [-0.3, -0.25) is 9.59 Å². The Morgan fingerprint density at radius 2 is 1.26 bits per heavy atom. The van der Waals surface area contributed by atoms with Crippen LogP contribution in [0.5, 0.6) is 5.75 Å². The molecule has 0 saturated heterocycles. The second kappa shape index (κ2) is 19.0. The molecule has 3 rings (SSSR count). The molecule has 0 amide bonds. The van der Waals surface area contributed by atoms with Crippen molar-refractivity contribution in [3.8, 4) is 28.0 Å². The molecule has 0 aliphatic carbocycles. The van der Waals surface area contributed by atoms with E-state index in [0.717, 1.165) is 35.1 Å². The SMILES string of the molecule is CCCCCCCCCCCCCCCC(=O)Oc1ccc(-c2ccc(-c3cccc(C)c3)c(C)c2)c(CCC(=O)O)c1. The highest BCUT2D eigenvalue weighted by Gasteiger charge is 2.13. The maximum absolute atomic E-state index is 12.6. The van der Waals surface area contributed by atoms with E-state index >= 15 is 0 Å². The molecule has 3 aromatic rings. The first-order valence-corrected chi connectivity index (χ1v) is 16.6. The van der Waals surface area contributed by atoms with Crippen LogP contribution in [0.15, 0.2) is 60.7 Å². The Hall–Kier alpha value is -3.40. The molecule has 0 bridgehead atoms. The Kier molecular flexibility index (Phi) is 15.1. The molecule has 0 heterocycles. The van der Waals surface area contributed by atoms with E-state index in [9.17, 15) is 14.7 Å². The molecule has 0 fully saturated rings. The van der Waals surface area contributed by atoms with Crippen LogP contribution in [0, 0.1) is 13.8 Å². The summed E-state index contributed by atoms with van der Waals surface area (Å²) in [6, 6.07) is 20.4. The molecule has 232 valence electrons. The average molecular weight is 585 g/mol. The maximum Gasteiger partial charge on any atom is 0.311 e. The van der Waals surface area contributed by atoms with Gasteiger partial charge in [0.05, 0.1) is 0 Å². The van der Waals surface area contributed by atoms with Crippen molar-refractivity contribution in [3.63, 3.8) is 0 Å². The minimum absolute atomic E-state index is 0.0176. The van der Waals surface area contributed by atoms with E-state index in [1.807, 2.05) is 18.2 Å². The Bertz CT molecular complexity index is 1290. The van der Waals surface area contributed by atoms with Crippen LogP contribution in [0.3, 0.4) is 0 Å². The third kappa shape index (κ3) is 12.4. The highest BCUT2D eigenvalue weighted by Crippen LogP contribution is 2.33.